The molecule has 2 nitrogen and oxygen atoms in total. The molecule has 0 saturated heterocycles. The highest BCUT2D eigenvalue weighted by Gasteiger charge is 2.45. The van der Waals surface area contributed by atoms with E-state index in [0.29, 0.717) is 23.2 Å². The Morgan fingerprint density at radius 1 is 1.25 bits per heavy atom. The molecule has 1 aliphatic rings. The molecular formula is C17H21FO2. The van der Waals surface area contributed by atoms with Gasteiger partial charge in [0.15, 0.2) is 0 Å². The van der Waals surface area contributed by atoms with Crippen molar-refractivity contribution in [1.82, 2.24) is 0 Å². The van der Waals surface area contributed by atoms with E-state index in [-0.39, 0.29) is 17.2 Å². The third-order valence-electron chi connectivity index (χ3n) is 4.76. The van der Waals surface area contributed by atoms with Gasteiger partial charge in [0.1, 0.15) is 22.8 Å². The van der Waals surface area contributed by atoms with E-state index in [1.807, 2.05) is 0 Å². The predicted molar refractivity (Wildman–Crippen MR) is 76.9 cm³/mol. The first-order chi connectivity index (χ1) is 9.30. The fourth-order valence-corrected chi connectivity index (χ4v) is 3.47. The molecule has 0 radical (unpaired) electrons. The maximum absolute atomic E-state index is 13.3. The number of rotatable bonds is 1. The molecule has 1 heterocycles. The van der Waals surface area contributed by atoms with Crippen molar-refractivity contribution in [2.75, 3.05) is 0 Å². The van der Waals surface area contributed by atoms with Crippen LogP contribution in [0.25, 0.3) is 11.0 Å². The number of aliphatic hydroxyl groups is 1. The first-order valence-corrected chi connectivity index (χ1v) is 7.22. The van der Waals surface area contributed by atoms with Crippen molar-refractivity contribution in [3.05, 3.63) is 35.8 Å². The van der Waals surface area contributed by atoms with Crippen LogP contribution >= 0.6 is 0 Å². The number of fused-ring (bicyclic) bond motifs is 1. The fraction of sp³-hybridized carbons (Fsp3) is 0.529. The second kappa shape index (κ2) is 4.32. The maximum atomic E-state index is 13.3. The molecule has 1 aromatic heterocycles. The molecule has 2 atom stereocenters. The Bertz CT molecular complexity index is 643. The molecule has 1 saturated carbocycles. The number of hydrogen-bond acceptors (Lipinski definition) is 2. The average molecular weight is 276 g/mol. The molecule has 3 rings (SSSR count). The SMILES string of the molecule is CC1CC(C)(C)CCC1(O)c1cc2cc(F)ccc2o1. The van der Waals surface area contributed by atoms with E-state index in [1.165, 1.54) is 12.1 Å². The van der Waals surface area contributed by atoms with Gasteiger partial charge in [-0.1, -0.05) is 20.8 Å². The molecule has 1 aromatic carbocycles. The van der Waals surface area contributed by atoms with Crippen molar-refractivity contribution in [3.63, 3.8) is 0 Å². The topological polar surface area (TPSA) is 33.4 Å². The second-order valence-corrected chi connectivity index (χ2v) is 6.99. The third kappa shape index (κ3) is 2.14. The van der Waals surface area contributed by atoms with Crippen molar-refractivity contribution >= 4 is 11.0 Å². The monoisotopic (exact) mass is 276 g/mol. The molecule has 0 aliphatic heterocycles. The van der Waals surface area contributed by atoms with Crippen molar-refractivity contribution in [2.24, 2.45) is 11.3 Å². The summed E-state index contributed by atoms with van der Waals surface area (Å²) in [6, 6.07) is 6.23. The standard InChI is InChI=1S/C17H21FO2/c1-11-10-16(2,3)6-7-17(11,19)15-9-12-8-13(18)4-5-14(12)20-15/h4-5,8-9,11,19H,6-7,10H2,1-3H3. The van der Waals surface area contributed by atoms with Gasteiger partial charge in [0.05, 0.1) is 0 Å². The van der Waals surface area contributed by atoms with Crippen LogP contribution < -0.4 is 0 Å². The molecule has 1 aliphatic carbocycles. The molecule has 3 heteroatoms. The van der Waals surface area contributed by atoms with E-state index in [1.54, 1.807) is 12.1 Å². The zero-order chi connectivity index (χ0) is 14.5. The van der Waals surface area contributed by atoms with E-state index in [4.69, 9.17) is 4.42 Å². The van der Waals surface area contributed by atoms with Crippen molar-refractivity contribution in [3.8, 4) is 0 Å². The Morgan fingerprint density at radius 3 is 2.70 bits per heavy atom. The molecule has 1 N–H and O–H groups in total. The minimum absolute atomic E-state index is 0.122. The Morgan fingerprint density at radius 2 is 2.00 bits per heavy atom. The largest absolute Gasteiger partial charge is 0.458 e. The molecule has 108 valence electrons. The van der Waals surface area contributed by atoms with E-state index in [0.717, 1.165) is 12.8 Å². The van der Waals surface area contributed by atoms with Gasteiger partial charge in [-0.2, -0.15) is 0 Å². The minimum Gasteiger partial charge on any atom is -0.458 e. The molecule has 2 unspecified atom stereocenters. The number of furan rings is 1. The molecule has 20 heavy (non-hydrogen) atoms. The summed E-state index contributed by atoms with van der Waals surface area (Å²) in [5, 5.41) is 11.7. The van der Waals surface area contributed by atoms with Crippen molar-refractivity contribution in [1.29, 1.82) is 0 Å². The summed E-state index contributed by atoms with van der Waals surface area (Å²) >= 11 is 0. The quantitative estimate of drug-likeness (QED) is 0.825. The van der Waals surface area contributed by atoms with Gasteiger partial charge in [-0.15, -0.1) is 0 Å². The van der Waals surface area contributed by atoms with Crippen LogP contribution in [0.15, 0.2) is 28.7 Å². The highest BCUT2D eigenvalue weighted by atomic mass is 19.1. The van der Waals surface area contributed by atoms with Gasteiger partial charge in [-0.3, -0.25) is 0 Å². The minimum atomic E-state index is -0.939. The average Bonchev–Trinajstić information content (AvgIpc) is 2.77. The summed E-state index contributed by atoms with van der Waals surface area (Å²) in [7, 11) is 0. The smallest absolute Gasteiger partial charge is 0.137 e. The lowest BCUT2D eigenvalue weighted by molar-refractivity contribution is -0.0901. The molecule has 0 spiro atoms. The lowest BCUT2D eigenvalue weighted by atomic mass is 9.65. The van der Waals surface area contributed by atoms with Crippen LogP contribution in [-0.4, -0.2) is 5.11 Å². The summed E-state index contributed by atoms with van der Waals surface area (Å²) < 4.78 is 19.0. The van der Waals surface area contributed by atoms with Gasteiger partial charge in [-0.25, -0.2) is 4.39 Å². The molecule has 2 aromatic rings. The van der Waals surface area contributed by atoms with Crippen LogP contribution in [0.3, 0.4) is 0 Å². The Kier molecular flexibility index (Phi) is 2.94. The van der Waals surface area contributed by atoms with Gasteiger partial charge >= 0.3 is 0 Å². The molecule has 0 amide bonds. The summed E-state index contributed by atoms with van der Waals surface area (Å²) in [5.41, 5.74) is -0.0544. The van der Waals surface area contributed by atoms with E-state index in [2.05, 4.69) is 20.8 Å². The summed E-state index contributed by atoms with van der Waals surface area (Å²) in [6.45, 7) is 6.53. The van der Waals surface area contributed by atoms with Gasteiger partial charge in [0.25, 0.3) is 0 Å². The molecular weight excluding hydrogens is 255 g/mol. The van der Waals surface area contributed by atoms with Gasteiger partial charge in [-0.05, 0) is 54.9 Å². The lowest BCUT2D eigenvalue weighted by Crippen LogP contribution is -2.41. The first-order valence-electron chi connectivity index (χ1n) is 7.22. The maximum Gasteiger partial charge on any atom is 0.137 e. The Balaban J connectivity index is 2.01. The van der Waals surface area contributed by atoms with Crippen LogP contribution in [0.1, 0.15) is 45.8 Å². The van der Waals surface area contributed by atoms with E-state index in [9.17, 15) is 9.50 Å². The normalized spacial score (nSPS) is 29.8. The predicted octanol–water partition coefficient (Wildman–Crippen LogP) is 4.61. The second-order valence-electron chi connectivity index (χ2n) is 6.99. The summed E-state index contributed by atoms with van der Waals surface area (Å²) in [5.74, 6) is 0.410. The number of benzene rings is 1. The lowest BCUT2D eigenvalue weighted by Gasteiger charge is -2.44. The molecule has 0 bridgehead atoms. The Labute approximate surface area is 118 Å². The van der Waals surface area contributed by atoms with Gasteiger partial charge < -0.3 is 9.52 Å². The van der Waals surface area contributed by atoms with Crippen LogP contribution in [0.2, 0.25) is 0 Å². The van der Waals surface area contributed by atoms with Crippen molar-refractivity contribution < 1.29 is 13.9 Å². The summed E-state index contributed by atoms with van der Waals surface area (Å²) in [6.07, 6.45) is 2.59. The summed E-state index contributed by atoms with van der Waals surface area (Å²) in [4.78, 5) is 0. The fourth-order valence-electron chi connectivity index (χ4n) is 3.47. The highest BCUT2D eigenvalue weighted by molar-refractivity contribution is 5.78. The van der Waals surface area contributed by atoms with Crippen LogP contribution in [-0.2, 0) is 5.60 Å². The van der Waals surface area contributed by atoms with Crippen molar-refractivity contribution in [2.45, 2.75) is 45.6 Å². The Hall–Kier alpha value is -1.35. The third-order valence-corrected chi connectivity index (χ3v) is 4.76. The van der Waals surface area contributed by atoms with Crippen LogP contribution in [0.5, 0.6) is 0 Å². The number of hydrogen-bond donors (Lipinski definition) is 1. The van der Waals surface area contributed by atoms with Gasteiger partial charge in [0.2, 0.25) is 0 Å². The molecule has 1 fully saturated rings. The number of halogens is 1. The van der Waals surface area contributed by atoms with E-state index >= 15 is 0 Å². The van der Waals surface area contributed by atoms with Crippen LogP contribution in [0.4, 0.5) is 4.39 Å². The zero-order valence-corrected chi connectivity index (χ0v) is 12.2. The first kappa shape index (κ1) is 13.6. The zero-order valence-electron chi connectivity index (χ0n) is 12.2. The van der Waals surface area contributed by atoms with Crippen LogP contribution in [0, 0.1) is 17.2 Å². The van der Waals surface area contributed by atoms with Gasteiger partial charge in [0, 0.05) is 5.39 Å². The van der Waals surface area contributed by atoms with E-state index < -0.39 is 5.60 Å². The highest BCUT2D eigenvalue weighted by Crippen LogP contribution is 2.49.